The van der Waals surface area contributed by atoms with E-state index in [4.69, 9.17) is 5.73 Å². The standard InChI is InChI=1S/C23H31FN6O/c1-15-12-18(17(3)25)20-19(13-15)23(31)28(5)22(21(20)24)30-10-8-29(9-11-30)16(2)14-27-7-6-26-4/h6-7,12-14,17,26H,2,8-11,25H2,1,3-5H3/b7-6-,27-14?. The highest BCUT2D eigenvalue weighted by Crippen LogP contribution is 2.31. The van der Waals surface area contributed by atoms with Crippen LogP contribution in [0.25, 0.3) is 10.8 Å². The lowest BCUT2D eigenvalue weighted by Gasteiger charge is -2.38. The summed E-state index contributed by atoms with van der Waals surface area (Å²) in [7, 11) is 3.43. The number of rotatable bonds is 6. The molecule has 1 aliphatic rings. The summed E-state index contributed by atoms with van der Waals surface area (Å²) in [4.78, 5) is 21.3. The monoisotopic (exact) mass is 426 g/mol. The third kappa shape index (κ3) is 4.49. The smallest absolute Gasteiger partial charge is 0.259 e. The highest BCUT2D eigenvalue weighted by molar-refractivity contribution is 5.89. The Hall–Kier alpha value is -3.13. The average molecular weight is 427 g/mol. The summed E-state index contributed by atoms with van der Waals surface area (Å²) in [5.41, 5.74) is 8.24. The number of aromatic nitrogens is 1. The number of anilines is 1. The van der Waals surface area contributed by atoms with Crippen LogP contribution in [0.15, 0.2) is 46.6 Å². The molecule has 31 heavy (non-hydrogen) atoms. The van der Waals surface area contributed by atoms with Crippen LogP contribution >= 0.6 is 0 Å². The molecule has 3 rings (SSSR count). The van der Waals surface area contributed by atoms with Crippen LogP contribution in [0.1, 0.15) is 24.1 Å². The highest BCUT2D eigenvalue weighted by atomic mass is 19.1. The molecule has 3 N–H and O–H groups in total. The minimum absolute atomic E-state index is 0.215. The van der Waals surface area contributed by atoms with Gasteiger partial charge in [-0.1, -0.05) is 12.6 Å². The van der Waals surface area contributed by atoms with E-state index in [9.17, 15) is 4.79 Å². The Morgan fingerprint density at radius 1 is 1.32 bits per heavy atom. The fraction of sp³-hybridized carbons (Fsp3) is 0.391. The van der Waals surface area contributed by atoms with E-state index in [1.54, 1.807) is 38.8 Å². The number of fused-ring (bicyclic) bond motifs is 1. The number of nitrogens with two attached hydrogens (primary N) is 1. The van der Waals surface area contributed by atoms with Gasteiger partial charge in [-0.25, -0.2) is 4.39 Å². The van der Waals surface area contributed by atoms with Crippen LogP contribution in [0.5, 0.6) is 0 Å². The van der Waals surface area contributed by atoms with E-state index in [1.165, 1.54) is 4.57 Å². The predicted molar refractivity (Wildman–Crippen MR) is 126 cm³/mol. The van der Waals surface area contributed by atoms with E-state index < -0.39 is 5.82 Å². The molecular weight excluding hydrogens is 395 g/mol. The Morgan fingerprint density at radius 2 is 2.00 bits per heavy atom. The summed E-state index contributed by atoms with van der Waals surface area (Å²) in [6, 6.07) is 3.22. The molecule has 0 amide bonds. The van der Waals surface area contributed by atoms with Crippen molar-refractivity contribution in [2.45, 2.75) is 19.9 Å². The largest absolute Gasteiger partial charge is 0.393 e. The average Bonchev–Trinajstić information content (AvgIpc) is 2.75. The summed E-state index contributed by atoms with van der Waals surface area (Å²) in [5, 5.41) is 3.57. The number of halogens is 1. The zero-order chi connectivity index (χ0) is 22.7. The van der Waals surface area contributed by atoms with Crippen molar-refractivity contribution < 1.29 is 4.39 Å². The van der Waals surface area contributed by atoms with Gasteiger partial charge in [0.15, 0.2) is 5.82 Å². The number of aliphatic imine (C=N–C) groups is 1. The maximum atomic E-state index is 15.8. The Morgan fingerprint density at radius 3 is 2.61 bits per heavy atom. The maximum absolute atomic E-state index is 15.8. The molecule has 1 aromatic carbocycles. The van der Waals surface area contributed by atoms with Crippen LogP contribution in [0.3, 0.4) is 0 Å². The lowest BCUT2D eigenvalue weighted by molar-refractivity contribution is 0.334. The molecule has 2 heterocycles. The van der Waals surface area contributed by atoms with Crippen molar-refractivity contribution in [2.75, 3.05) is 38.1 Å². The number of pyridine rings is 1. The number of piperazine rings is 1. The van der Waals surface area contributed by atoms with Gasteiger partial charge in [0.2, 0.25) is 0 Å². The van der Waals surface area contributed by atoms with Gasteiger partial charge in [0.25, 0.3) is 5.56 Å². The van der Waals surface area contributed by atoms with Gasteiger partial charge in [-0.15, -0.1) is 0 Å². The topological polar surface area (TPSA) is 78.9 Å². The van der Waals surface area contributed by atoms with Crippen LogP contribution < -0.4 is 21.5 Å². The summed E-state index contributed by atoms with van der Waals surface area (Å²) in [6.07, 6.45) is 5.08. The molecule has 1 aromatic heterocycles. The van der Waals surface area contributed by atoms with E-state index in [1.807, 2.05) is 24.8 Å². The van der Waals surface area contributed by atoms with Crippen molar-refractivity contribution in [3.05, 3.63) is 64.1 Å². The molecule has 0 saturated carbocycles. The van der Waals surface area contributed by atoms with Crippen LogP contribution in [0.2, 0.25) is 0 Å². The third-order valence-corrected chi connectivity index (χ3v) is 5.61. The maximum Gasteiger partial charge on any atom is 0.259 e. The lowest BCUT2D eigenvalue weighted by atomic mass is 9.97. The van der Waals surface area contributed by atoms with Gasteiger partial charge in [-0.2, -0.15) is 0 Å². The van der Waals surface area contributed by atoms with Crippen molar-refractivity contribution in [2.24, 2.45) is 17.8 Å². The molecule has 0 aliphatic carbocycles. The van der Waals surface area contributed by atoms with Crippen molar-refractivity contribution in [3.63, 3.8) is 0 Å². The van der Waals surface area contributed by atoms with Crippen LogP contribution in [0, 0.1) is 12.7 Å². The molecule has 0 radical (unpaired) electrons. The van der Waals surface area contributed by atoms with E-state index in [-0.39, 0.29) is 11.6 Å². The van der Waals surface area contributed by atoms with E-state index in [0.29, 0.717) is 48.3 Å². The molecule has 1 saturated heterocycles. The molecule has 7 nitrogen and oxygen atoms in total. The summed E-state index contributed by atoms with van der Waals surface area (Å²) in [6.45, 7) is 10.2. The number of nitrogens with one attached hydrogen (secondary N) is 1. The molecule has 1 aliphatic heterocycles. The number of aryl methyl sites for hydroxylation is 1. The molecule has 8 heteroatoms. The number of hydrogen-bond acceptors (Lipinski definition) is 6. The summed E-state index contributed by atoms with van der Waals surface area (Å²) < 4.78 is 17.2. The predicted octanol–water partition coefficient (Wildman–Crippen LogP) is 2.40. The SMILES string of the molecule is C=C(C=N/C=C\NC)N1CCN(c2c(F)c3c(C(C)N)cc(C)cc3c(=O)n2C)CC1. The number of benzene rings is 1. The number of allylic oxidation sites excluding steroid dienone is 1. The van der Waals surface area contributed by atoms with Gasteiger partial charge < -0.3 is 20.9 Å². The zero-order valence-corrected chi connectivity index (χ0v) is 18.7. The van der Waals surface area contributed by atoms with Gasteiger partial charge >= 0.3 is 0 Å². The van der Waals surface area contributed by atoms with Crippen molar-refractivity contribution >= 4 is 22.8 Å². The van der Waals surface area contributed by atoms with Crippen molar-refractivity contribution in [1.82, 2.24) is 14.8 Å². The lowest BCUT2D eigenvalue weighted by Crippen LogP contribution is -2.47. The molecule has 0 bridgehead atoms. The molecule has 0 spiro atoms. The van der Waals surface area contributed by atoms with E-state index in [0.717, 1.165) is 11.3 Å². The number of hydrogen-bond donors (Lipinski definition) is 2. The molecule has 166 valence electrons. The first-order valence-corrected chi connectivity index (χ1v) is 10.4. The Bertz CT molecular complexity index is 1090. The molecule has 1 atom stereocenters. The summed E-state index contributed by atoms with van der Waals surface area (Å²) >= 11 is 0. The first-order valence-electron chi connectivity index (χ1n) is 10.4. The van der Waals surface area contributed by atoms with Gasteiger partial charge in [-0.05, 0) is 31.0 Å². The second-order valence-corrected chi connectivity index (χ2v) is 7.92. The summed E-state index contributed by atoms with van der Waals surface area (Å²) in [5.74, 6) is -0.0884. The number of nitrogens with zero attached hydrogens (tertiary/aromatic N) is 4. The molecular formula is C23H31FN6O. The Kier molecular flexibility index (Phi) is 6.80. The minimum Gasteiger partial charge on any atom is -0.393 e. The third-order valence-electron chi connectivity index (χ3n) is 5.61. The Labute approximate surface area is 182 Å². The normalized spacial score (nSPS) is 15.9. The van der Waals surface area contributed by atoms with Crippen LogP contribution in [-0.2, 0) is 7.05 Å². The second-order valence-electron chi connectivity index (χ2n) is 7.92. The highest BCUT2D eigenvalue weighted by Gasteiger charge is 2.26. The van der Waals surface area contributed by atoms with E-state index >= 15 is 4.39 Å². The molecule has 1 unspecified atom stereocenters. The first kappa shape index (κ1) is 22.6. The van der Waals surface area contributed by atoms with Crippen molar-refractivity contribution in [3.8, 4) is 0 Å². The van der Waals surface area contributed by atoms with Gasteiger partial charge in [0.05, 0.1) is 5.39 Å². The van der Waals surface area contributed by atoms with Crippen LogP contribution in [0.4, 0.5) is 10.2 Å². The van der Waals surface area contributed by atoms with Crippen molar-refractivity contribution in [1.29, 1.82) is 0 Å². The molecule has 1 fully saturated rings. The van der Waals surface area contributed by atoms with Gasteiger partial charge in [-0.3, -0.25) is 14.4 Å². The van der Waals surface area contributed by atoms with Crippen LogP contribution in [-0.4, -0.2) is 48.9 Å². The quantitative estimate of drug-likeness (QED) is 0.694. The fourth-order valence-corrected chi connectivity index (χ4v) is 4.01. The van der Waals surface area contributed by atoms with Gasteiger partial charge in [0, 0.05) is 76.0 Å². The van der Waals surface area contributed by atoms with Gasteiger partial charge in [0.1, 0.15) is 5.82 Å². The molecule has 2 aromatic rings. The zero-order valence-electron chi connectivity index (χ0n) is 18.7. The first-order chi connectivity index (χ1) is 14.8. The Balaban J connectivity index is 1.93. The fourth-order valence-electron chi connectivity index (χ4n) is 4.01. The van der Waals surface area contributed by atoms with E-state index in [2.05, 4.69) is 21.8 Å². The minimum atomic E-state index is -0.393. The second kappa shape index (κ2) is 9.34.